The lowest BCUT2D eigenvalue weighted by Crippen LogP contribution is -2.23. The predicted molar refractivity (Wildman–Crippen MR) is 92.4 cm³/mol. The molecule has 0 spiro atoms. The van der Waals surface area contributed by atoms with Crippen molar-refractivity contribution in [1.82, 2.24) is 4.90 Å². The molecule has 0 saturated carbocycles. The minimum Gasteiger partial charge on any atom is -0.298 e. The number of carbonyl (C=O) groups is 1. The molecule has 1 fully saturated rings. The van der Waals surface area contributed by atoms with E-state index in [1.54, 1.807) is 11.8 Å². The highest BCUT2D eigenvalue weighted by atomic mass is 32.2. The van der Waals surface area contributed by atoms with Gasteiger partial charge in [-0.1, -0.05) is 42.5 Å². The van der Waals surface area contributed by atoms with Crippen LogP contribution in [0.5, 0.6) is 0 Å². The van der Waals surface area contributed by atoms with E-state index < -0.39 is 0 Å². The van der Waals surface area contributed by atoms with Gasteiger partial charge in [-0.15, -0.1) is 11.8 Å². The molecule has 0 radical (unpaired) electrons. The smallest absolute Gasteiger partial charge is 0.167 e. The number of benzene rings is 2. The Kier molecular flexibility index (Phi) is 4.96. The Morgan fingerprint density at radius 3 is 2.55 bits per heavy atom. The molecule has 3 heteroatoms. The maximum Gasteiger partial charge on any atom is 0.167 e. The van der Waals surface area contributed by atoms with Crippen LogP contribution in [-0.4, -0.2) is 30.0 Å². The van der Waals surface area contributed by atoms with Crippen LogP contribution in [0.15, 0.2) is 59.5 Å². The molecule has 1 aliphatic rings. The van der Waals surface area contributed by atoms with Crippen LogP contribution in [0.2, 0.25) is 0 Å². The zero-order valence-electron chi connectivity index (χ0n) is 12.9. The molecule has 0 aliphatic carbocycles. The van der Waals surface area contributed by atoms with Crippen LogP contribution in [0.1, 0.15) is 22.3 Å². The first-order chi connectivity index (χ1) is 10.8. The van der Waals surface area contributed by atoms with Gasteiger partial charge in [-0.3, -0.25) is 9.69 Å². The summed E-state index contributed by atoms with van der Waals surface area (Å²) < 4.78 is 0. The van der Waals surface area contributed by atoms with Crippen molar-refractivity contribution in [2.45, 2.75) is 17.9 Å². The quantitative estimate of drug-likeness (QED) is 0.612. The van der Waals surface area contributed by atoms with Crippen LogP contribution in [0.3, 0.4) is 0 Å². The monoisotopic (exact) mass is 311 g/mol. The van der Waals surface area contributed by atoms with E-state index in [2.05, 4.69) is 35.4 Å². The molecule has 2 aromatic carbocycles. The molecule has 1 aliphatic heterocycles. The Balaban J connectivity index is 1.60. The number of nitrogens with zero attached hydrogens (tertiary/aromatic N) is 1. The second-order valence-corrected chi connectivity index (χ2v) is 6.68. The van der Waals surface area contributed by atoms with Crippen molar-refractivity contribution < 1.29 is 4.79 Å². The van der Waals surface area contributed by atoms with Crippen LogP contribution in [0, 0.1) is 5.92 Å². The maximum atomic E-state index is 12.6. The van der Waals surface area contributed by atoms with E-state index in [4.69, 9.17) is 0 Å². The third-order valence-electron chi connectivity index (χ3n) is 4.27. The van der Waals surface area contributed by atoms with E-state index in [0.717, 1.165) is 31.6 Å². The summed E-state index contributed by atoms with van der Waals surface area (Å²) >= 11 is 1.70. The Labute approximate surface area is 136 Å². The molecule has 0 aromatic heterocycles. The van der Waals surface area contributed by atoms with E-state index in [9.17, 15) is 4.79 Å². The molecule has 1 unspecified atom stereocenters. The molecule has 0 N–H and O–H groups in total. The van der Waals surface area contributed by atoms with Crippen LogP contribution in [0.4, 0.5) is 0 Å². The lowest BCUT2D eigenvalue weighted by molar-refractivity contribution is 0.0922. The van der Waals surface area contributed by atoms with E-state index in [0.29, 0.717) is 5.78 Å². The third kappa shape index (κ3) is 3.60. The van der Waals surface area contributed by atoms with Crippen molar-refractivity contribution >= 4 is 17.5 Å². The molecule has 1 saturated heterocycles. The molecular formula is C19H21NOS. The largest absolute Gasteiger partial charge is 0.298 e. The molecule has 2 aromatic rings. The molecule has 3 rings (SSSR count). The fourth-order valence-electron chi connectivity index (χ4n) is 3.02. The Morgan fingerprint density at radius 1 is 1.14 bits per heavy atom. The zero-order chi connectivity index (χ0) is 15.4. The van der Waals surface area contributed by atoms with Gasteiger partial charge in [-0.25, -0.2) is 0 Å². The third-order valence-corrected chi connectivity index (χ3v) is 5.01. The molecule has 1 heterocycles. The highest BCUT2D eigenvalue weighted by Gasteiger charge is 2.28. The molecule has 114 valence electrons. The van der Waals surface area contributed by atoms with E-state index in [1.165, 1.54) is 10.5 Å². The SMILES string of the molecule is CSc1ccc(C(=O)C2CCN(Cc3ccccc3)C2)cc1. The second-order valence-electron chi connectivity index (χ2n) is 5.80. The first kappa shape index (κ1) is 15.3. The van der Waals surface area contributed by atoms with Gasteiger partial charge in [0.2, 0.25) is 0 Å². The number of thioether (sulfide) groups is 1. The van der Waals surface area contributed by atoms with Gasteiger partial charge >= 0.3 is 0 Å². The van der Waals surface area contributed by atoms with Crippen LogP contribution in [0.25, 0.3) is 0 Å². The summed E-state index contributed by atoms with van der Waals surface area (Å²) in [5.74, 6) is 0.437. The van der Waals surface area contributed by atoms with Gasteiger partial charge in [0.1, 0.15) is 0 Å². The van der Waals surface area contributed by atoms with Gasteiger partial charge in [0.05, 0.1) is 0 Å². The van der Waals surface area contributed by atoms with Crippen molar-refractivity contribution in [3.63, 3.8) is 0 Å². The van der Waals surface area contributed by atoms with Crippen molar-refractivity contribution in [2.75, 3.05) is 19.3 Å². The van der Waals surface area contributed by atoms with Gasteiger partial charge in [-0.05, 0) is 36.9 Å². The summed E-state index contributed by atoms with van der Waals surface area (Å²) in [4.78, 5) is 16.2. The average molecular weight is 311 g/mol. The van der Waals surface area contributed by atoms with Gasteiger partial charge < -0.3 is 0 Å². The number of likely N-dealkylation sites (tertiary alicyclic amines) is 1. The molecule has 0 amide bonds. The maximum absolute atomic E-state index is 12.6. The predicted octanol–water partition coefficient (Wildman–Crippen LogP) is 4.11. The normalized spacial score (nSPS) is 18.5. The highest BCUT2D eigenvalue weighted by Crippen LogP contribution is 2.24. The highest BCUT2D eigenvalue weighted by molar-refractivity contribution is 7.98. The zero-order valence-corrected chi connectivity index (χ0v) is 13.7. The summed E-state index contributed by atoms with van der Waals surface area (Å²) in [6.07, 6.45) is 3.02. The second kappa shape index (κ2) is 7.12. The molecule has 1 atom stereocenters. The Bertz CT molecular complexity index is 624. The number of ketones is 1. The number of Topliss-reactive ketones (excluding diaryl/α,β-unsaturated/α-hetero) is 1. The summed E-state index contributed by atoms with van der Waals surface area (Å²) in [5, 5.41) is 0. The fraction of sp³-hybridized carbons (Fsp3) is 0.316. The van der Waals surface area contributed by atoms with E-state index in [1.807, 2.05) is 30.3 Å². The summed E-state index contributed by atoms with van der Waals surface area (Å²) in [6, 6.07) is 18.5. The van der Waals surface area contributed by atoms with Gasteiger partial charge in [0.15, 0.2) is 5.78 Å². The first-order valence-electron chi connectivity index (χ1n) is 7.71. The van der Waals surface area contributed by atoms with Crippen molar-refractivity contribution in [2.24, 2.45) is 5.92 Å². The van der Waals surface area contributed by atoms with Crippen LogP contribution >= 0.6 is 11.8 Å². The standard InChI is InChI=1S/C19H21NOS/c1-22-18-9-7-16(8-10-18)19(21)17-11-12-20(14-17)13-15-5-3-2-4-6-15/h2-10,17H,11-14H2,1H3. The van der Waals surface area contributed by atoms with Crippen molar-refractivity contribution in [3.05, 3.63) is 65.7 Å². The van der Waals surface area contributed by atoms with Crippen molar-refractivity contribution in [1.29, 1.82) is 0 Å². The summed E-state index contributed by atoms with van der Waals surface area (Å²) in [6.45, 7) is 2.82. The van der Waals surface area contributed by atoms with Gasteiger partial charge in [0, 0.05) is 29.5 Å². The average Bonchev–Trinajstić information content (AvgIpc) is 3.04. The molecule has 22 heavy (non-hydrogen) atoms. The number of hydrogen-bond donors (Lipinski definition) is 0. The number of rotatable bonds is 5. The summed E-state index contributed by atoms with van der Waals surface area (Å²) in [5.41, 5.74) is 2.17. The molecule has 2 nitrogen and oxygen atoms in total. The van der Waals surface area contributed by atoms with E-state index in [-0.39, 0.29) is 5.92 Å². The summed E-state index contributed by atoms with van der Waals surface area (Å²) in [7, 11) is 0. The lowest BCUT2D eigenvalue weighted by Gasteiger charge is -2.15. The fourth-order valence-corrected chi connectivity index (χ4v) is 3.43. The Morgan fingerprint density at radius 2 is 1.86 bits per heavy atom. The lowest BCUT2D eigenvalue weighted by atomic mass is 9.97. The molecular weight excluding hydrogens is 290 g/mol. The first-order valence-corrected chi connectivity index (χ1v) is 8.93. The van der Waals surface area contributed by atoms with E-state index >= 15 is 0 Å². The topological polar surface area (TPSA) is 20.3 Å². The number of hydrogen-bond acceptors (Lipinski definition) is 3. The van der Waals surface area contributed by atoms with Gasteiger partial charge in [0.25, 0.3) is 0 Å². The minimum atomic E-state index is 0.142. The van der Waals surface area contributed by atoms with Gasteiger partial charge in [-0.2, -0.15) is 0 Å². The Hall–Kier alpha value is -1.58. The van der Waals surface area contributed by atoms with Crippen LogP contribution < -0.4 is 0 Å². The number of carbonyl (C=O) groups excluding carboxylic acids is 1. The molecule has 0 bridgehead atoms. The van der Waals surface area contributed by atoms with Crippen molar-refractivity contribution in [3.8, 4) is 0 Å². The van der Waals surface area contributed by atoms with Crippen LogP contribution in [-0.2, 0) is 6.54 Å². The minimum absolute atomic E-state index is 0.142.